The van der Waals surface area contributed by atoms with Crippen molar-refractivity contribution in [2.24, 2.45) is 17.3 Å². The van der Waals surface area contributed by atoms with Crippen molar-refractivity contribution in [3.05, 3.63) is 0 Å². The lowest BCUT2D eigenvalue weighted by molar-refractivity contribution is -0.148. The summed E-state index contributed by atoms with van der Waals surface area (Å²) in [5, 5.41) is 9.11. The van der Waals surface area contributed by atoms with Gasteiger partial charge in [-0.1, -0.05) is 20.8 Å². The molecule has 0 aromatic carbocycles. The summed E-state index contributed by atoms with van der Waals surface area (Å²) < 4.78 is 5.22. The quantitative estimate of drug-likeness (QED) is 0.715. The van der Waals surface area contributed by atoms with Gasteiger partial charge >= 0.3 is 5.97 Å². The average molecular weight is 186 g/mol. The Labute approximate surface area is 79.1 Å². The van der Waals surface area contributed by atoms with Crippen LogP contribution in [0.25, 0.3) is 0 Å². The Morgan fingerprint density at radius 1 is 1.54 bits per heavy atom. The lowest BCUT2D eigenvalue weighted by Gasteiger charge is -2.30. The van der Waals surface area contributed by atoms with Crippen LogP contribution in [0.1, 0.15) is 27.2 Å². The monoisotopic (exact) mass is 186 g/mol. The van der Waals surface area contributed by atoms with Crippen LogP contribution >= 0.6 is 0 Å². The van der Waals surface area contributed by atoms with Gasteiger partial charge in [-0.3, -0.25) is 4.79 Å². The first-order valence-corrected chi connectivity index (χ1v) is 4.73. The summed E-state index contributed by atoms with van der Waals surface area (Å²) in [6.07, 6.45) is 0.883. The molecule has 1 N–H and O–H groups in total. The number of hydrogen-bond acceptors (Lipinski definition) is 2. The summed E-state index contributed by atoms with van der Waals surface area (Å²) in [5.74, 6) is -0.782. The van der Waals surface area contributed by atoms with E-state index in [-0.39, 0.29) is 17.3 Å². The zero-order valence-corrected chi connectivity index (χ0v) is 8.54. The van der Waals surface area contributed by atoms with Crippen molar-refractivity contribution >= 4 is 5.97 Å². The van der Waals surface area contributed by atoms with E-state index in [1.54, 1.807) is 0 Å². The van der Waals surface area contributed by atoms with Crippen LogP contribution in [0, 0.1) is 17.3 Å². The van der Waals surface area contributed by atoms with Crippen molar-refractivity contribution in [2.75, 3.05) is 13.2 Å². The summed E-state index contributed by atoms with van der Waals surface area (Å²) in [6, 6.07) is 0. The molecule has 2 unspecified atom stereocenters. The van der Waals surface area contributed by atoms with Gasteiger partial charge in [0.05, 0.1) is 12.5 Å². The third-order valence-corrected chi connectivity index (χ3v) is 2.64. The molecule has 1 saturated heterocycles. The Balaban J connectivity index is 2.72. The number of hydrogen-bond donors (Lipinski definition) is 1. The van der Waals surface area contributed by atoms with Crippen LogP contribution in [0.3, 0.4) is 0 Å². The fourth-order valence-corrected chi connectivity index (χ4v) is 2.09. The molecular weight excluding hydrogens is 168 g/mol. The minimum absolute atomic E-state index is 0.176. The highest BCUT2D eigenvalue weighted by molar-refractivity contribution is 5.71. The Morgan fingerprint density at radius 3 is 2.46 bits per heavy atom. The van der Waals surface area contributed by atoms with E-state index in [4.69, 9.17) is 9.84 Å². The summed E-state index contributed by atoms with van der Waals surface area (Å²) in [6.45, 7) is 7.25. The third-order valence-electron chi connectivity index (χ3n) is 2.64. The van der Waals surface area contributed by atoms with Crippen LogP contribution in [-0.2, 0) is 9.53 Å². The zero-order chi connectivity index (χ0) is 10.1. The van der Waals surface area contributed by atoms with Crippen LogP contribution in [0.15, 0.2) is 0 Å². The Hall–Kier alpha value is -0.570. The van der Waals surface area contributed by atoms with Crippen molar-refractivity contribution in [3.8, 4) is 0 Å². The minimum atomic E-state index is -0.692. The highest BCUT2D eigenvalue weighted by Crippen LogP contribution is 2.36. The standard InChI is InChI=1S/C10H18O3/c1-10(2,3)8(9(11)12)7-4-5-13-6-7/h7-8H,4-6H2,1-3H3,(H,11,12). The third kappa shape index (κ3) is 2.44. The average Bonchev–Trinajstić information content (AvgIpc) is 2.34. The van der Waals surface area contributed by atoms with E-state index in [0.717, 1.165) is 6.42 Å². The maximum Gasteiger partial charge on any atom is 0.307 e. The van der Waals surface area contributed by atoms with Gasteiger partial charge < -0.3 is 9.84 Å². The number of carboxylic acid groups (broad SMARTS) is 1. The van der Waals surface area contributed by atoms with Crippen LogP contribution in [0.2, 0.25) is 0 Å². The van der Waals surface area contributed by atoms with E-state index in [2.05, 4.69) is 0 Å². The molecule has 3 nitrogen and oxygen atoms in total. The van der Waals surface area contributed by atoms with E-state index in [1.165, 1.54) is 0 Å². The fourth-order valence-electron chi connectivity index (χ4n) is 2.09. The van der Waals surface area contributed by atoms with Crippen molar-refractivity contribution < 1.29 is 14.6 Å². The Kier molecular flexibility index (Phi) is 2.96. The van der Waals surface area contributed by atoms with Gasteiger partial charge in [-0.25, -0.2) is 0 Å². The van der Waals surface area contributed by atoms with E-state index < -0.39 is 5.97 Å². The second-order valence-corrected chi connectivity index (χ2v) is 4.81. The number of carboxylic acids is 1. The van der Waals surface area contributed by atoms with Crippen molar-refractivity contribution in [3.63, 3.8) is 0 Å². The normalized spacial score (nSPS) is 25.9. The zero-order valence-electron chi connectivity index (χ0n) is 8.54. The van der Waals surface area contributed by atoms with Crippen LogP contribution in [0.4, 0.5) is 0 Å². The van der Waals surface area contributed by atoms with Crippen LogP contribution in [0.5, 0.6) is 0 Å². The van der Waals surface area contributed by atoms with E-state index in [0.29, 0.717) is 13.2 Å². The molecule has 0 aromatic rings. The van der Waals surface area contributed by atoms with Gasteiger partial charge in [0.25, 0.3) is 0 Å². The highest BCUT2D eigenvalue weighted by atomic mass is 16.5. The smallest absolute Gasteiger partial charge is 0.307 e. The lowest BCUT2D eigenvalue weighted by atomic mass is 9.73. The summed E-state index contributed by atoms with van der Waals surface area (Å²) in [5.41, 5.74) is -0.176. The molecule has 1 rings (SSSR count). The van der Waals surface area contributed by atoms with Gasteiger partial charge in [-0.15, -0.1) is 0 Å². The van der Waals surface area contributed by atoms with Crippen LogP contribution < -0.4 is 0 Å². The lowest BCUT2D eigenvalue weighted by Crippen LogP contribution is -2.35. The molecule has 76 valence electrons. The Morgan fingerprint density at radius 2 is 2.15 bits per heavy atom. The molecule has 13 heavy (non-hydrogen) atoms. The van der Waals surface area contributed by atoms with Crippen molar-refractivity contribution in [2.45, 2.75) is 27.2 Å². The van der Waals surface area contributed by atoms with Gasteiger partial charge in [0, 0.05) is 6.61 Å². The topological polar surface area (TPSA) is 46.5 Å². The van der Waals surface area contributed by atoms with Crippen molar-refractivity contribution in [1.29, 1.82) is 0 Å². The first-order valence-electron chi connectivity index (χ1n) is 4.73. The fraction of sp³-hybridized carbons (Fsp3) is 0.900. The predicted octanol–water partition coefficient (Wildman–Crippen LogP) is 1.77. The molecule has 3 heteroatoms. The SMILES string of the molecule is CC(C)(C)C(C(=O)O)C1CCOC1. The molecule has 0 amide bonds. The number of ether oxygens (including phenoxy) is 1. The summed E-state index contributed by atoms with van der Waals surface area (Å²) in [7, 11) is 0. The maximum absolute atomic E-state index is 11.1. The molecule has 1 fully saturated rings. The molecule has 1 heterocycles. The Bertz CT molecular complexity index is 187. The first kappa shape index (κ1) is 10.5. The van der Waals surface area contributed by atoms with Gasteiger partial charge in [0.1, 0.15) is 0 Å². The molecule has 0 bridgehead atoms. The van der Waals surface area contributed by atoms with Crippen molar-refractivity contribution in [1.82, 2.24) is 0 Å². The molecule has 0 aromatic heterocycles. The van der Waals surface area contributed by atoms with Gasteiger partial charge in [-0.2, -0.15) is 0 Å². The predicted molar refractivity (Wildman–Crippen MR) is 49.5 cm³/mol. The van der Waals surface area contributed by atoms with Gasteiger partial charge in [0.2, 0.25) is 0 Å². The number of rotatable bonds is 2. The molecular formula is C10H18O3. The van der Waals surface area contributed by atoms with E-state index in [1.807, 2.05) is 20.8 Å². The second-order valence-electron chi connectivity index (χ2n) is 4.81. The van der Waals surface area contributed by atoms with Gasteiger partial charge in [-0.05, 0) is 17.8 Å². The minimum Gasteiger partial charge on any atom is -0.481 e. The summed E-state index contributed by atoms with van der Waals surface area (Å²) >= 11 is 0. The number of aliphatic carboxylic acids is 1. The largest absolute Gasteiger partial charge is 0.481 e. The molecule has 0 aliphatic carbocycles. The van der Waals surface area contributed by atoms with Gasteiger partial charge in [0.15, 0.2) is 0 Å². The molecule has 2 atom stereocenters. The number of carbonyl (C=O) groups is 1. The molecule has 0 saturated carbocycles. The summed E-state index contributed by atoms with van der Waals surface area (Å²) in [4.78, 5) is 11.1. The second kappa shape index (κ2) is 3.66. The molecule has 0 radical (unpaired) electrons. The molecule has 1 aliphatic heterocycles. The molecule has 1 aliphatic rings. The van der Waals surface area contributed by atoms with E-state index >= 15 is 0 Å². The van der Waals surface area contributed by atoms with E-state index in [9.17, 15) is 4.79 Å². The highest BCUT2D eigenvalue weighted by Gasteiger charge is 2.39. The maximum atomic E-state index is 11.1. The first-order chi connectivity index (χ1) is 5.93. The molecule has 0 spiro atoms. The van der Waals surface area contributed by atoms with Crippen LogP contribution in [-0.4, -0.2) is 24.3 Å².